The number of nitro benzene ring substituents is 1. The molecule has 8 nitrogen and oxygen atoms in total. The fourth-order valence-electron chi connectivity index (χ4n) is 4.79. The molecule has 2 aromatic carbocycles. The maximum absolute atomic E-state index is 11.0. The molecule has 194 valence electrons. The quantitative estimate of drug-likeness (QED) is 0.128. The second-order valence-electron chi connectivity index (χ2n) is 8.98. The van der Waals surface area contributed by atoms with Gasteiger partial charge in [-0.3, -0.25) is 15.1 Å². The Bertz CT molecular complexity index is 1590. The van der Waals surface area contributed by atoms with Crippen molar-refractivity contribution in [3.8, 4) is 0 Å². The highest BCUT2D eigenvalue weighted by Gasteiger charge is 2.42. The van der Waals surface area contributed by atoms with Crippen LogP contribution >= 0.6 is 24.0 Å². The lowest BCUT2D eigenvalue weighted by molar-refractivity contribution is -0.384. The van der Waals surface area contributed by atoms with Gasteiger partial charge in [0.05, 0.1) is 29.5 Å². The van der Waals surface area contributed by atoms with Gasteiger partial charge in [0.1, 0.15) is 11.8 Å². The fraction of sp³-hybridized carbons (Fsp3) is 0.103. The van der Waals surface area contributed by atoms with Crippen molar-refractivity contribution in [1.29, 1.82) is 0 Å². The van der Waals surface area contributed by atoms with Crippen LogP contribution in [0.4, 0.5) is 11.4 Å². The number of hydrogen-bond donors (Lipinski definition) is 1. The third kappa shape index (κ3) is 5.16. The summed E-state index contributed by atoms with van der Waals surface area (Å²) in [6.07, 6.45) is 5.53. The minimum absolute atomic E-state index is 0.0787. The van der Waals surface area contributed by atoms with Crippen molar-refractivity contribution >= 4 is 40.5 Å². The smallest absolute Gasteiger partial charge is 0.269 e. The summed E-state index contributed by atoms with van der Waals surface area (Å²) < 4.78 is 7.81. The molecule has 3 aromatic heterocycles. The molecule has 0 unspecified atom stereocenters. The highest BCUT2D eigenvalue weighted by atomic mass is 32.2. The van der Waals surface area contributed by atoms with Gasteiger partial charge in [-0.05, 0) is 85.0 Å². The summed E-state index contributed by atoms with van der Waals surface area (Å²) in [6.45, 7) is 0.603. The molecule has 0 spiro atoms. The summed E-state index contributed by atoms with van der Waals surface area (Å²) in [7, 11) is 0. The predicted molar refractivity (Wildman–Crippen MR) is 154 cm³/mol. The lowest BCUT2D eigenvalue weighted by Crippen LogP contribution is -2.30. The molecule has 0 amide bonds. The summed E-state index contributed by atoms with van der Waals surface area (Å²) in [5.41, 5.74) is 3.02. The Hall–Kier alpha value is -4.41. The van der Waals surface area contributed by atoms with E-state index in [0.29, 0.717) is 11.7 Å². The summed E-state index contributed by atoms with van der Waals surface area (Å²) in [4.78, 5) is 19.3. The van der Waals surface area contributed by atoms with Gasteiger partial charge in [-0.2, -0.15) is 0 Å². The van der Waals surface area contributed by atoms with Gasteiger partial charge in [0.15, 0.2) is 5.11 Å². The molecular weight excluding hydrogens is 530 g/mol. The second-order valence-corrected chi connectivity index (χ2v) is 10.5. The number of benzene rings is 2. The zero-order chi connectivity index (χ0) is 26.8. The molecule has 6 rings (SSSR count). The van der Waals surface area contributed by atoms with Crippen molar-refractivity contribution in [1.82, 2.24) is 14.9 Å². The van der Waals surface area contributed by atoms with E-state index in [0.717, 1.165) is 32.6 Å². The number of nitrogens with one attached hydrogen (secondary N) is 1. The zero-order valence-electron chi connectivity index (χ0n) is 20.6. The molecule has 1 N–H and O–H groups in total. The van der Waals surface area contributed by atoms with E-state index in [-0.39, 0.29) is 17.8 Å². The Morgan fingerprint density at radius 1 is 0.974 bits per heavy atom. The van der Waals surface area contributed by atoms with Crippen LogP contribution in [0, 0.1) is 10.1 Å². The standard InChI is InChI=1S/C29H23N5O3S2/c35-34(36)21-10-14-24(15-11-21)39-23-12-8-20(9-13-23)33-28(27(31-29(33)38)25-6-1-2-16-30-25)26-7-3-17-32(26)19-22-5-4-18-37-22/h1-18,27-28H,19H2,(H,31,38)/t27-,28+/m0/s1. The second kappa shape index (κ2) is 10.8. The largest absolute Gasteiger partial charge is 0.467 e. The number of pyridine rings is 1. The van der Waals surface area contributed by atoms with Crippen LogP contribution in [-0.2, 0) is 6.54 Å². The van der Waals surface area contributed by atoms with Crippen LogP contribution in [-0.4, -0.2) is 19.6 Å². The Balaban J connectivity index is 1.32. The number of nitro groups is 1. The van der Waals surface area contributed by atoms with Crippen LogP contribution in [0.3, 0.4) is 0 Å². The van der Waals surface area contributed by atoms with E-state index in [1.807, 2.05) is 48.5 Å². The predicted octanol–water partition coefficient (Wildman–Crippen LogP) is 6.76. The fourth-order valence-corrected chi connectivity index (χ4v) is 5.95. The first-order valence-electron chi connectivity index (χ1n) is 12.3. The number of anilines is 1. The first-order chi connectivity index (χ1) is 19.1. The van der Waals surface area contributed by atoms with Crippen LogP contribution in [0.2, 0.25) is 0 Å². The van der Waals surface area contributed by atoms with Crippen LogP contribution in [0.1, 0.15) is 29.2 Å². The number of non-ortho nitro benzene ring substituents is 1. The van der Waals surface area contributed by atoms with E-state index in [9.17, 15) is 10.1 Å². The monoisotopic (exact) mass is 553 g/mol. The number of aromatic nitrogens is 2. The molecule has 0 bridgehead atoms. The van der Waals surface area contributed by atoms with Crippen LogP contribution in [0.15, 0.2) is 124 Å². The number of rotatable bonds is 8. The molecule has 10 heteroatoms. The molecule has 0 radical (unpaired) electrons. The van der Waals surface area contributed by atoms with Gasteiger partial charge in [-0.15, -0.1) is 0 Å². The van der Waals surface area contributed by atoms with Crippen molar-refractivity contribution in [2.75, 3.05) is 4.90 Å². The minimum atomic E-state index is -0.393. The molecule has 4 heterocycles. The summed E-state index contributed by atoms with van der Waals surface area (Å²) >= 11 is 7.43. The lowest BCUT2D eigenvalue weighted by Gasteiger charge is -2.29. The van der Waals surface area contributed by atoms with Crippen LogP contribution in [0.5, 0.6) is 0 Å². The number of nitrogens with zero attached hydrogens (tertiary/aromatic N) is 4. The Morgan fingerprint density at radius 2 is 1.74 bits per heavy atom. The maximum Gasteiger partial charge on any atom is 0.269 e. The molecule has 39 heavy (non-hydrogen) atoms. The van der Waals surface area contributed by atoms with Gasteiger partial charge in [-0.1, -0.05) is 17.8 Å². The van der Waals surface area contributed by atoms with E-state index in [1.165, 1.54) is 12.1 Å². The molecule has 1 aliphatic heterocycles. The number of furan rings is 1. The lowest BCUT2D eigenvalue weighted by atomic mass is 10.0. The van der Waals surface area contributed by atoms with E-state index < -0.39 is 4.92 Å². The molecule has 5 aromatic rings. The Morgan fingerprint density at radius 3 is 2.41 bits per heavy atom. The van der Waals surface area contributed by atoms with Crippen molar-refractivity contribution in [3.63, 3.8) is 0 Å². The minimum Gasteiger partial charge on any atom is -0.467 e. The zero-order valence-corrected chi connectivity index (χ0v) is 22.2. The van der Waals surface area contributed by atoms with Gasteiger partial charge < -0.3 is 19.2 Å². The first kappa shape index (κ1) is 24.9. The summed E-state index contributed by atoms with van der Waals surface area (Å²) in [5, 5.41) is 15.1. The highest BCUT2D eigenvalue weighted by molar-refractivity contribution is 7.99. The molecule has 1 aliphatic rings. The molecule has 1 saturated heterocycles. The van der Waals surface area contributed by atoms with Crippen molar-refractivity contribution in [3.05, 3.63) is 137 Å². The summed E-state index contributed by atoms with van der Waals surface area (Å²) in [6, 6.07) is 28.4. The molecular formula is C29H23N5O3S2. The highest BCUT2D eigenvalue weighted by Crippen LogP contribution is 2.42. The van der Waals surface area contributed by atoms with Crippen molar-refractivity contribution in [2.24, 2.45) is 0 Å². The maximum atomic E-state index is 11.0. The molecule has 0 saturated carbocycles. The number of hydrogen-bond acceptors (Lipinski definition) is 6. The van der Waals surface area contributed by atoms with Crippen molar-refractivity contribution < 1.29 is 9.34 Å². The van der Waals surface area contributed by atoms with Gasteiger partial charge in [0.25, 0.3) is 5.69 Å². The van der Waals surface area contributed by atoms with Crippen LogP contribution in [0.25, 0.3) is 0 Å². The molecule has 1 fully saturated rings. The van der Waals surface area contributed by atoms with Crippen molar-refractivity contribution in [2.45, 2.75) is 28.4 Å². The van der Waals surface area contributed by atoms with Gasteiger partial charge >= 0.3 is 0 Å². The third-order valence-corrected chi connectivity index (χ3v) is 7.90. The van der Waals surface area contributed by atoms with E-state index in [4.69, 9.17) is 16.6 Å². The third-order valence-electron chi connectivity index (χ3n) is 6.57. The Labute approximate surface area is 234 Å². The Kier molecular flexibility index (Phi) is 6.87. The van der Waals surface area contributed by atoms with Gasteiger partial charge in [-0.25, -0.2) is 0 Å². The van der Waals surface area contributed by atoms with E-state index in [2.05, 4.69) is 44.2 Å². The normalized spacial score (nSPS) is 16.8. The first-order valence-corrected chi connectivity index (χ1v) is 13.5. The number of thiocarbonyl (C=S) groups is 1. The molecule has 2 atom stereocenters. The van der Waals surface area contributed by atoms with Gasteiger partial charge in [0.2, 0.25) is 0 Å². The topological polar surface area (TPSA) is 89.4 Å². The van der Waals surface area contributed by atoms with E-state index in [1.54, 1.807) is 36.4 Å². The molecule has 0 aliphatic carbocycles. The average Bonchev–Trinajstić information content (AvgIpc) is 3.71. The van der Waals surface area contributed by atoms with Gasteiger partial charge in [0, 0.05) is 45.7 Å². The van der Waals surface area contributed by atoms with Crippen LogP contribution < -0.4 is 10.2 Å². The average molecular weight is 554 g/mol. The van der Waals surface area contributed by atoms with E-state index >= 15 is 0 Å². The summed E-state index contributed by atoms with van der Waals surface area (Å²) in [5.74, 6) is 0.870. The SMILES string of the molecule is O=[N+]([O-])c1ccc(Sc2ccc(N3C(=S)N[C@@H](c4ccccn4)[C@H]3c3cccn3Cc3ccco3)cc2)cc1.